The average Bonchev–Trinajstić information content (AvgIpc) is 2.88. The van der Waals surface area contributed by atoms with Crippen LogP contribution in [0.4, 0.5) is 0 Å². The van der Waals surface area contributed by atoms with Gasteiger partial charge in [-0.1, -0.05) is 26.0 Å². The number of piperidine rings is 1. The summed E-state index contributed by atoms with van der Waals surface area (Å²) in [5.74, 6) is 0.989. The molecule has 20 heavy (non-hydrogen) atoms. The van der Waals surface area contributed by atoms with Gasteiger partial charge >= 0.3 is 0 Å². The molecule has 0 aliphatic carbocycles. The molecule has 6 heteroatoms. The van der Waals surface area contributed by atoms with Crippen molar-refractivity contribution in [1.29, 1.82) is 0 Å². The summed E-state index contributed by atoms with van der Waals surface area (Å²) in [4.78, 5) is 12.2. The van der Waals surface area contributed by atoms with E-state index >= 15 is 0 Å². The van der Waals surface area contributed by atoms with E-state index in [2.05, 4.69) is 41.7 Å². The quantitative estimate of drug-likeness (QED) is 0.845. The van der Waals surface area contributed by atoms with Crippen LogP contribution in [0.3, 0.4) is 0 Å². The summed E-state index contributed by atoms with van der Waals surface area (Å²) in [5, 5.41) is 14.3. The topological polar surface area (TPSA) is 71.8 Å². The van der Waals surface area contributed by atoms with Gasteiger partial charge in [-0.2, -0.15) is 0 Å². The van der Waals surface area contributed by atoms with E-state index in [9.17, 15) is 4.79 Å². The Morgan fingerprint density at radius 2 is 2.40 bits per heavy atom. The number of carbonyl (C=O) groups is 1. The van der Waals surface area contributed by atoms with Crippen LogP contribution in [-0.2, 0) is 6.54 Å². The van der Waals surface area contributed by atoms with Gasteiger partial charge in [-0.25, -0.2) is 0 Å². The first-order valence-electron chi connectivity index (χ1n) is 7.48. The molecule has 1 aromatic rings. The molecule has 6 nitrogen and oxygen atoms in total. The van der Waals surface area contributed by atoms with Gasteiger partial charge < -0.3 is 10.6 Å². The molecular formula is C14H25N5O. The number of hydrogen-bond acceptors (Lipinski definition) is 4. The number of nitrogens with zero attached hydrogens (tertiary/aromatic N) is 3. The van der Waals surface area contributed by atoms with Crippen LogP contribution in [-0.4, -0.2) is 40.0 Å². The van der Waals surface area contributed by atoms with Gasteiger partial charge in [0, 0.05) is 19.1 Å². The first-order valence-corrected chi connectivity index (χ1v) is 7.48. The van der Waals surface area contributed by atoms with E-state index in [-0.39, 0.29) is 11.9 Å². The highest BCUT2D eigenvalue weighted by atomic mass is 16.2. The van der Waals surface area contributed by atoms with E-state index in [1.807, 2.05) is 0 Å². The molecule has 2 atom stereocenters. The smallest absolute Gasteiger partial charge is 0.273 e. The molecule has 1 fully saturated rings. The van der Waals surface area contributed by atoms with Gasteiger partial charge in [0.05, 0.1) is 6.20 Å². The van der Waals surface area contributed by atoms with Crippen molar-refractivity contribution in [2.24, 2.45) is 11.8 Å². The van der Waals surface area contributed by atoms with Gasteiger partial charge in [0.15, 0.2) is 5.69 Å². The second kappa shape index (κ2) is 6.83. The van der Waals surface area contributed by atoms with Gasteiger partial charge in [-0.3, -0.25) is 9.48 Å². The normalized spacial score (nSPS) is 23.0. The lowest BCUT2D eigenvalue weighted by molar-refractivity contribution is 0.0910. The molecule has 2 rings (SSSR count). The van der Waals surface area contributed by atoms with Gasteiger partial charge in [-0.15, -0.1) is 5.10 Å². The van der Waals surface area contributed by atoms with Crippen molar-refractivity contribution < 1.29 is 4.79 Å². The Morgan fingerprint density at radius 1 is 1.60 bits per heavy atom. The molecule has 1 amide bonds. The van der Waals surface area contributed by atoms with Crippen LogP contribution in [0.1, 0.15) is 44.1 Å². The van der Waals surface area contributed by atoms with Crippen molar-refractivity contribution >= 4 is 5.91 Å². The third-order valence-electron chi connectivity index (χ3n) is 3.85. The molecule has 1 aliphatic rings. The fourth-order valence-electron chi connectivity index (χ4n) is 2.33. The Bertz CT molecular complexity index is 443. The lowest BCUT2D eigenvalue weighted by Crippen LogP contribution is -2.50. The molecule has 1 saturated heterocycles. The van der Waals surface area contributed by atoms with Crippen LogP contribution in [0.25, 0.3) is 0 Å². The minimum Gasteiger partial charge on any atom is -0.346 e. The summed E-state index contributed by atoms with van der Waals surface area (Å²) in [6.07, 6.45) is 3.86. The van der Waals surface area contributed by atoms with Crippen molar-refractivity contribution in [3.8, 4) is 0 Å². The zero-order valence-corrected chi connectivity index (χ0v) is 12.6. The van der Waals surface area contributed by atoms with Crippen LogP contribution >= 0.6 is 0 Å². The Labute approximate surface area is 120 Å². The van der Waals surface area contributed by atoms with Crippen molar-refractivity contribution in [2.45, 2.75) is 46.2 Å². The highest BCUT2D eigenvalue weighted by Gasteiger charge is 2.24. The van der Waals surface area contributed by atoms with Gasteiger partial charge in [-0.05, 0) is 31.2 Å². The lowest BCUT2D eigenvalue weighted by atomic mass is 9.95. The van der Waals surface area contributed by atoms with E-state index in [0.29, 0.717) is 17.5 Å². The monoisotopic (exact) mass is 279 g/mol. The summed E-state index contributed by atoms with van der Waals surface area (Å²) in [6, 6.07) is 0.178. The number of aromatic nitrogens is 3. The maximum atomic E-state index is 12.2. The molecule has 0 bridgehead atoms. The van der Waals surface area contributed by atoms with E-state index < -0.39 is 0 Å². The summed E-state index contributed by atoms with van der Waals surface area (Å²) < 4.78 is 1.75. The van der Waals surface area contributed by atoms with Crippen molar-refractivity contribution in [1.82, 2.24) is 25.6 Å². The SMILES string of the molecule is CC(C)CCn1cc(C(=O)NC2CNCCC2C)nn1. The van der Waals surface area contributed by atoms with E-state index in [1.54, 1.807) is 10.9 Å². The molecule has 2 N–H and O–H groups in total. The van der Waals surface area contributed by atoms with Crippen LogP contribution in [0.5, 0.6) is 0 Å². The van der Waals surface area contributed by atoms with Crippen LogP contribution < -0.4 is 10.6 Å². The summed E-state index contributed by atoms with van der Waals surface area (Å²) >= 11 is 0. The van der Waals surface area contributed by atoms with Crippen molar-refractivity contribution in [3.63, 3.8) is 0 Å². The maximum absolute atomic E-state index is 12.2. The van der Waals surface area contributed by atoms with Crippen LogP contribution in [0.2, 0.25) is 0 Å². The Morgan fingerprint density at radius 3 is 3.10 bits per heavy atom. The number of carbonyl (C=O) groups excluding carboxylic acids is 1. The number of nitrogens with one attached hydrogen (secondary N) is 2. The Balaban J connectivity index is 1.88. The minimum absolute atomic E-state index is 0.124. The van der Waals surface area contributed by atoms with Gasteiger partial charge in [0.2, 0.25) is 0 Å². The standard InChI is InChI=1S/C14H25N5O/c1-10(2)5-7-19-9-13(17-18-19)14(20)16-12-8-15-6-4-11(12)3/h9-12,15H,4-8H2,1-3H3,(H,16,20). The predicted molar refractivity (Wildman–Crippen MR) is 77.4 cm³/mol. The second-order valence-electron chi connectivity index (χ2n) is 6.10. The number of amides is 1. The first kappa shape index (κ1) is 15.0. The first-order chi connectivity index (χ1) is 9.56. The fourth-order valence-corrected chi connectivity index (χ4v) is 2.33. The minimum atomic E-state index is -0.124. The highest BCUT2D eigenvalue weighted by Crippen LogP contribution is 2.11. The molecule has 2 unspecified atom stereocenters. The lowest BCUT2D eigenvalue weighted by Gasteiger charge is -2.29. The number of hydrogen-bond donors (Lipinski definition) is 2. The Hall–Kier alpha value is -1.43. The Kier molecular flexibility index (Phi) is 5.11. The molecule has 1 aromatic heterocycles. The maximum Gasteiger partial charge on any atom is 0.273 e. The summed E-state index contributed by atoms with van der Waals surface area (Å²) in [7, 11) is 0. The van der Waals surface area contributed by atoms with E-state index in [0.717, 1.165) is 32.5 Å². The summed E-state index contributed by atoms with van der Waals surface area (Å²) in [5.41, 5.74) is 0.409. The highest BCUT2D eigenvalue weighted by molar-refractivity contribution is 5.92. The predicted octanol–water partition coefficient (Wildman–Crippen LogP) is 1.05. The fraction of sp³-hybridized carbons (Fsp3) is 0.786. The molecule has 0 saturated carbocycles. The molecule has 0 radical (unpaired) electrons. The van der Waals surface area contributed by atoms with Crippen LogP contribution in [0.15, 0.2) is 6.20 Å². The van der Waals surface area contributed by atoms with Crippen molar-refractivity contribution in [3.05, 3.63) is 11.9 Å². The third kappa shape index (κ3) is 4.03. The third-order valence-corrected chi connectivity index (χ3v) is 3.85. The largest absolute Gasteiger partial charge is 0.346 e. The molecule has 0 spiro atoms. The zero-order valence-electron chi connectivity index (χ0n) is 12.6. The molecule has 112 valence electrons. The molecule has 2 heterocycles. The summed E-state index contributed by atoms with van der Waals surface area (Å²) in [6.45, 7) is 9.17. The van der Waals surface area contributed by atoms with Crippen molar-refractivity contribution in [2.75, 3.05) is 13.1 Å². The second-order valence-corrected chi connectivity index (χ2v) is 6.10. The number of rotatable bonds is 5. The van der Waals surface area contributed by atoms with Gasteiger partial charge in [0.25, 0.3) is 5.91 Å². The zero-order chi connectivity index (χ0) is 14.5. The molecular weight excluding hydrogens is 254 g/mol. The number of aryl methyl sites for hydroxylation is 1. The average molecular weight is 279 g/mol. The van der Waals surface area contributed by atoms with Gasteiger partial charge in [0.1, 0.15) is 0 Å². The van der Waals surface area contributed by atoms with E-state index in [1.165, 1.54) is 0 Å². The molecule has 1 aliphatic heterocycles. The molecule has 0 aromatic carbocycles. The van der Waals surface area contributed by atoms with E-state index in [4.69, 9.17) is 0 Å². The van der Waals surface area contributed by atoms with Crippen LogP contribution in [0, 0.1) is 11.8 Å².